The van der Waals surface area contributed by atoms with Crippen LogP contribution < -0.4 is 4.74 Å². The summed E-state index contributed by atoms with van der Waals surface area (Å²) < 4.78 is 7.19. The van der Waals surface area contributed by atoms with Crippen molar-refractivity contribution in [1.29, 1.82) is 0 Å². The summed E-state index contributed by atoms with van der Waals surface area (Å²) in [4.78, 5) is 15.4. The predicted octanol–water partition coefficient (Wildman–Crippen LogP) is 14.2. The summed E-state index contributed by atoms with van der Waals surface area (Å²) in [6.45, 7) is 0. The molecule has 0 N–H and O–H groups in total. The van der Waals surface area contributed by atoms with E-state index in [0.717, 1.165) is 78.1 Å². The van der Waals surface area contributed by atoms with Crippen molar-refractivity contribution in [3.8, 4) is 95.5 Å². The number of aromatic nitrogens is 3. The van der Waals surface area contributed by atoms with E-state index in [4.69, 9.17) is 19.7 Å². The van der Waals surface area contributed by atoms with E-state index in [1.807, 2.05) is 42.5 Å². The van der Waals surface area contributed by atoms with E-state index in [1.54, 1.807) is 0 Å². The topological polar surface area (TPSA) is 47.9 Å². The van der Waals surface area contributed by atoms with E-state index in [0.29, 0.717) is 17.5 Å². The lowest BCUT2D eigenvalue weighted by molar-refractivity contribution is 0.157. The molecule has 0 saturated heterocycles. The first kappa shape index (κ1) is 35.7. The smallest absolute Gasteiger partial charge is 0.186 e. The summed E-state index contributed by atoms with van der Waals surface area (Å²) >= 11 is 0. The SMILES string of the molecule is c1ccc(-c2cc(-c3ccccc3)cc(-c3nc(-c4ccccc4)nc(-c4ccc(-c5ccc6c(c5)-c5ccccc5C65Oc6ccccc6-c6ccccc65)cc4)n3)c2)cc1. The van der Waals surface area contributed by atoms with Gasteiger partial charge in [-0.05, 0) is 80.4 Å². The van der Waals surface area contributed by atoms with Gasteiger partial charge in [0, 0.05) is 38.9 Å². The third-order valence-corrected chi connectivity index (χ3v) is 12.3. The maximum atomic E-state index is 7.19. The van der Waals surface area contributed by atoms with Gasteiger partial charge in [-0.3, -0.25) is 0 Å². The predicted molar refractivity (Wildman–Crippen MR) is 250 cm³/mol. The Morgan fingerprint density at radius 1 is 0.258 bits per heavy atom. The number of rotatable bonds is 6. The lowest BCUT2D eigenvalue weighted by Crippen LogP contribution is -2.36. The van der Waals surface area contributed by atoms with E-state index in [-0.39, 0.29) is 0 Å². The van der Waals surface area contributed by atoms with Crippen LogP contribution >= 0.6 is 0 Å². The first-order chi connectivity index (χ1) is 30.7. The lowest BCUT2D eigenvalue weighted by Gasteiger charge is -2.39. The Morgan fingerprint density at radius 2 is 0.645 bits per heavy atom. The van der Waals surface area contributed by atoms with Crippen LogP contribution in [0.5, 0.6) is 5.75 Å². The molecule has 1 aliphatic carbocycles. The molecule has 1 spiro atoms. The van der Waals surface area contributed by atoms with Gasteiger partial charge in [0.1, 0.15) is 5.75 Å². The minimum atomic E-state index is -0.755. The van der Waals surface area contributed by atoms with E-state index in [1.165, 1.54) is 16.7 Å². The molecule has 1 atom stereocenters. The molecule has 0 fully saturated rings. The van der Waals surface area contributed by atoms with Crippen molar-refractivity contribution in [3.05, 3.63) is 241 Å². The number of fused-ring (bicyclic) bond motifs is 9. The summed E-state index contributed by atoms with van der Waals surface area (Å²) in [5, 5.41) is 0. The van der Waals surface area contributed by atoms with Crippen LogP contribution in [0.3, 0.4) is 0 Å². The monoisotopic (exact) mass is 791 g/mol. The minimum absolute atomic E-state index is 0.616. The first-order valence-electron chi connectivity index (χ1n) is 21.0. The zero-order chi connectivity index (χ0) is 41.0. The quantitative estimate of drug-likeness (QED) is 0.168. The van der Waals surface area contributed by atoms with Gasteiger partial charge in [-0.25, -0.2) is 15.0 Å². The molecule has 0 amide bonds. The van der Waals surface area contributed by atoms with E-state index in [9.17, 15) is 0 Å². The third-order valence-electron chi connectivity index (χ3n) is 12.3. The molecule has 2 aliphatic rings. The Morgan fingerprint density at radius 3 is 1.24 bits per heavy atom. The van der Waals surface area contributed by atoms with E-state index >= 15 is 0 Å². The van der Waals surface area contributed by atoms with Crippen molar-refractivity contribution >= 4 is 0 Å². The van der Waals surface area contributed by atoms with Gasteiger partial charge in [0.2, 0.25) is 0 Å². The molecule has 1 unspecified atom stereocenters. The highest BCUT2D eigenvalue weighted by atomic mass is 16.5. The van der Waals surface area contributed by atoms with Crippen LogP contribution in [0.4, 0.5) is 0 Å². The molecule has 1 aliphatic heterocycles. The van der Waals surface area contributed by atoms with Gasteiger partial charge in [-0.2, -0.15) is 0 Å². The van der Waals surface area contributed by atoms with Crippen molar-refractivity contribution in [3.63, 3.8) is 0 Å². The number of para-hydroxylation sites is 1. The molecule has 10 aromatic rings. The Balaban J connectivity index is 0.955. The molecule has 1 aromatic heterocycles. The average molecular weight is 792 g/mol. The fourth-order valence-electron chi connectivity index (χ4n) is 9.36. The van der Waals surface area contributed by atoms with Gasteiger partial charge >= 0.3 is 0 Å². The molecule has 2 heterocycles. The molecule has 62 heavy (non-hydrogen) atoms. The molecule has 0 radical (unpaired) electrons. The minimum Gasteiger partial charge on any atom is -0.472 e. The summed E-state index contributed by atoms with van der Waals surface area (Å²) in [5.74, 6) is 2.76. The molecule has 290 valence electrons. The molecule has 12 rings (SSSR count). The second-order valence-corrected chi connectivity index (χ2v) is 15.9. The van der Waals surface area contributed by atoms with Crippen LogP contribution in [-0.2, 0) is 5.60 Å². The maximum Gasteiger partial charge on any atom is 0.186 e. The fraction of sp³-hybridized carbons (Fsp3) is 0.0172. The molecule has 4 heteroatoms. The number of hydrogen-bond donors (Lipinski definition) is 0. The van der Waals surface area contributed by atoms with Crippen molar-refractivity contribution < 1.29 is 4.74 Å². The zero-order valence-corrected chi connectivity index (χ0v) is 33.6. The van der Waals surface area contributed by atoms with Gasteiger partial charge in [-0.1, -0.05) is 194 Å². The highest BCUT2D eigenvalue weighted by Gasteiger charge is 2.50. The van der Waals surface area contributed by atoms with Crippen LogP contribution in [0.25, 0.3) is 89.8 Å². The average Bonchev–Trinajstić information content (AvgIpc) is 3.63. The first-order valence-corrected chi connectivity index (χ1v) is 21.0. The van der Waals surface area contributed by atoms with E-state index < -0.39 is 5.60 Å². The summed E-state index contributed by atoms with van der Waals surface area (Å²) in [6.07, 6.45) is 0. The molecule has 0 bridgehead atoms. The van der Waals surface area contributed by atoms with Gasteiger partial charge < -0.3 is 4.74 Å². The third kappa shape index (κ3) is 5.88. The lowest BCUT2D eigenvalue weighted by atomic mass is 9.77. The summed E-state index contributed by atoms with van der Waals surface area (Å²) in [6, 6.07) is 78.9. The Hall–Kier alpha value is -8.21. The number of nitrogens with zero attached hydrogens (tertiary/aromatic N) is 3. The molecular formula is C58H37N3O. The maximum absolute atomic E-state index is 7.19. The largest absolute Gasteiger partial charge is 0.472 e. The zero-order valence-electron chi connectivity index (χ0n) is 33.6. The summed E-state index contributed by atoms with van der Waals surface area (Å²) in [5.41, 5.74) is 16.9. The highest BCUT2D eigenvalue weighted by molar-refractivity contribution is 5.90. The van der Waals surface area contributed by atoms with Gasteiger partial charge in [0.05, 0.1) is 0 Å². The van der Waals surface area contributed by atoms with Gasteiger partial charge in [0.15, 0.2) is 23.1 Å². The van der Waals surface area contributed by atoms with E-state index in [2.05, 4.69) is 182 Å². The van der Waals surface area contributed by atoms with Gasteiger partial charge in [-0.15, -0.1) is 0 Å². The van der Waals surface area contributed by atoms with Crippen LogP contribution in [0.1, 0.15) is 16.7 Å². The standard InChI is InChI=1S/C58H37N3O/c1-4-16-38(17-5-1)44-34-45(39-18-6-2-7-19-39)36-46(35-44)57-60-55(41-20-8-3-9-21-41)59-56(61-57)42-30-28-40(29-31-42)43-32-33-53-50(37-43)48-23-11-14-26-52(48)58(53)51-25-13-10-22-47(51)49-24-12-15-27-54(49)62-58/h1-37H. The van der Waals surface area contributed by atoms with Crippen molar-refractivity contribution in [2.45, 2.75) is 5.60 Å². The molecule has 9 aromatic carbocycles. The number of benzene rings is 9. The second-order valence-electron chi connectivity index (χ2n) is 15.9. The normalized spacial score (nSPS) is 14.3. The molecule has 4 nitrogen and oxygen atoms in total. The Kier molecular flexibility index (Phi) is 8.36. The Bertz CT molecular complexity index is 3250. The molecular weight excluding hydrogens is 755 g/mol. The van der Waals surface area contributed by atoms with Crippen LogP contribution in [-0.4, -0.2) is 15.0 Å². The number of ether oxygens (including phenoxy) is 1. The van der Waals surface area contributed by atoms with Crippen molar-refractivity contribution in [2.75, 3.05) is 0 Å². The van der Waals surface area contributed by atoms with Crippen LogP contribution in [0.2, 0.25) is 0 Å². The second kappa shape index (κ2) is 14.5. The highest BCUT2D eigenvalue weighted by Crippen LogP contribution is 2.58. The summed E-state index contributed by atoms with van der Waals surface area (Å²) in [7, 11) is 0. The number of hydrogen-bond acceptors (Lipinski definition) is 4. The van der Waals surface area contributed by atoms with Crippen LogP contribution in [0, 0.1) is 0 Å². The van der Waals surface area contributed by atoms with Crippen molar-refractivity contribution in [2.24, 2.45) is 0 Å². The van der Waals surface area contributed by atoms with Crippen LogP contribution in [0.15, 0.2) is 224 Å². The van der Waals surface area contributed by atoms with Crippen molar-refractivity contribution in [1.82, 2.24) is 15.0 Å². The molecule has 0 saturated carbocycles. The van der Waals surface area contributed by atoms with Gasteiger partial charge in [0.25, 0.3) is 0 Å². The fourth-order valence-corrected chi connectivity index (χ4v) is 9.36. The Labute approximate surface area is 360 Å².